The Morgan fingerprint density at radius 1 is 1.04 bits per heavy atom. The molecule has 2 N–H and O–H groups in total. The second-order valence-electron chi connectivity index (χ2n) is 14.0. The molecule has 1 saturated heterocycles. The summed E-state index contributed by atoms with van der Waals surface area (Å²) < 4.78 is 8.59. The van der Waals surface area contributed by atoms with Gasteiger partial charge in [0.1, 0.15) is 16.6 Å². The van der Waals surface area contributed by atoms with Gasteiger partial charge in [0.05, 0.1) is 12.2 Å². The number of anilines is 3. The van der Waals surface area contributed by atoms with Crippen molar-refractivity contribution in [3.05, 3.63) is 77.4 Å². The predicted octanol–water partition coefficient (Wildman–Crippen LogP) is 4.90. The number of benzene rings is 1. The third-order valence-electron chi connectivity index (χ3n) is 8.34. The molecule has 5 rings (SSSR count). The van der Waals surface area contributed by atoms with Gasteiger partial charge in [0, 0.05) is 57.3 Å². The lowest BCUT2D eigenvalue weighted by atomic mass is 10.1. The highest BCUT2D eigenvalue weighted by atomic mass is 16.6. The van der Waals surface area contributed by atoms with Crippen molar-refractivity contribution in [1.82, 2.24) is 34.1 Å². The van der Waals surface area contributed by atoms with Crippen molar-refractivity contribution in [2.45, 2.75) is 65.2 Å². The number of aromatic nitrogens is 5. The van der Waals surface area contributed by atoms with E-state index in [1.807, 2.05) is 32.9 Å². The number of nitrogens with one attached hydrogen (secondary N) is 1. The maximum Gasteiger partial charge on any atom is 0.410 e. The summed E-state index contributed by atoms with van der Waals surface area (Å²) >= 11 is 0. The smallest absolute Gasteiger partial charge is 0.410 e. The molecule has 1 aliphatic heterocycles. The standard InChI is InChI=1S/C36H49N9O4/c1-8-18-44-32(46)28-25-37-33(40-31(28)45(44)30-13-11-12-29(39-30)36(5,6)48)38-26-14-16-27(17-15-26)43-23-21-42(22-24-43)20-10-9-19-41(7)34(47)49-35(2,3)4/h8,11-17,25,48H,1,9-10,18-24H2,2-7H3,(H,37,38,40). The largest absolute Gasteiger partial charge is 0.444 e. The zero-order valence-electron chi connectivity index (χ0n) is 29.5. The first-order valence-electron chi connectivity index (χ1n) is 16.8. The molecule has 13 nitrogen and oxygen atoms in total. The molecule has 1 aliphatic rings. The molecular formula is C36H49N9O4. The van der Waals surface area contributed by atoms with Crippen LogP contribution in [0, 0.1) is 0 Å². The first kappa shape index (κ1) is 35.6. The average molecular weight is 672 g/mol. The highest BCUT2D eigenvalue weighted by Crippen LogP contribution is 2.24. The number of unbranched alkanes of at least 4 members (excludes halogenated alkanes) is 1. The summed E-state index contributed by atoms with van der Waals surface area (Å²) in [7, 11) is 1.79. The van der Waals surface area contributed by atoms with E-state index in [0.717, 1.165) is 56.9 Å². The van der Waals surface area contributed by atoms with Gasteiger partial charge in [-0.3, -0.25) is 9.69 Å². The summed E-state index contributed by atoms with van der Waals surface area (Å²) in [5, 5.41) is 14.2. The van der Waals surface area contributed by atoms with Gasteiger partial charge in [-0.2, -0.15) is 4.98 Å². The maximum atomic E-state index is 13.3. The lowest BCUT2D eigenvalue weighted by Gasteiger charge is -2.36. The Hall–Kier alpha value is -4.75. The number of ether oxygens (including phenoxy) is 1. The van der Waals surface area contributed by atoms with Gasteiger partial charge in [-0.05, 0) is 90.4 Å². The maximum absolute atomic E-state index is 13.3. The molecule has 0 bridgehead atoms. The first-order chi connectivity index (χ1) is 23.2. The second-order valence-corrected chi connectivity index (χ2v) is 14.0. The summed E-state index contributed by atoms with van der Waals surface area (Å²) in [5.74, 6) is 0.794. The normalized spacial score (nSPS) is 14.2. The van der Waals surface area contributed by atoms with Crippen LogP contribution in [0.4, 0.5) is 22.1 Å². The van der Waals surface area contributed by atoms with Gasteiger partial charge < -0.3 is 25.0 Å². The number of hydrogen-bond donors (Lipinski definition) is 2. The molecule has 1 aromatic carbocycles. The number of nitrogens with zero attached hydrogens (tertiary/aromatic N) is 8. The number of piperazine rings is 1. The van der Waals surface area contributed by atoms with E-state index in [2.05, 4.69) is 43.8 Å². The van der Waals surface area contributed by atoms with Gasteiger partial charge in [0.2, 0.25) is 5.95 Å². The minimum Gasteiger partial charge on any atom is -0.444 e. The fraction of sp³-hybridized carbons (Fsp3) is 0.472. The summed E-state index contributed by atoms with van der Waals surface area (Å²) in [5.41, 5.74) is 0.935. The van der Waals surface area contributed by atoms with Gasteiger partial charge in [0.15, 0.2) is 11.5 Å². The van der Waals surface area contributed by atoms with E-state index >= 15 is 0 Å². The zero-order chi connectivity index (χ0) is 35.3. The van der Waals surface area contributed by atoms with E-state index in [4.69, 9.17) is 9.72 Å². The highest BCUT2D eigenvalue weighted by molar-refractivity contribution is 5.77. The molecule has 0 radical (unpaired) electrons. The Bertz CT molecular complexity index is 1810. The Labute approximate surface area is 287 Å². The fourth-order valence-electron chi connectivity index (χ4n) is 5.72. The number of carbonyl (C=O) groups excluding carboxylic acids is 1. The number of fused-ring (bicyclic) bond motifs is 1. The lowest BCUT2D eigenvalue weighted by molar-refractivity contribution is 0.0295. The van der Waals surface area contributed by atoms with E-state index < -0.39 is 11.2 Å². The third-order valence-corrected chi connectivity index (χ3v) is 8.34. The summed E-state index contributed by atoms with van der Waals surface area (Å²) in [6.45, 7) is 18.6. The summed E-state index contributed by atoms with van der Waals surface area (Å²) in [6, 6.07) is 13.5. The van der Waals surface area contributed by atoms with Crippen molar-refractivity contribution in [2.75, 3.05) is 56.5 Å². The molecule has 0 aliphatic carbocycles. The first-order valence-corrected chi connectivity index (χ1v) is 16.8. The van der Waals surface area contributed by atoms with Gasteiger partial charge in [-0.25, -0.2) is 24.1 Å². The minimum atomic E-state index is -1.16. The van der Waals surface area contributed by atoms with Crippen LogP contribution >= 0.6 is 0 Å². The van der Waals surface area contributed by atoms with Crippen LogP contribution < -0.4 is 15.8 Å². The van der Waals surface area contributed by atoms with E-state index in [1.165, 1.54) is 10.9 Å². The average Bonchev–Trinajstić information content (AvgIpc) is 3.33. The van der Waals surface area contributed by atoms with E-state index in [9.17, 15) is 14.7 Å². The van der Waals surface area contributed by atoms with Crippen molar-refractivity contribution in [3.8, 4) is 5.82 Å². The van der Waals surface area contributed by atoms with Crippen molar-refractivity contribution >= 4 is 34.4 Å². The molecule has 0 unspecified atom stereocenters. The Morgan fingerprint density at radius 3 is 2.41 bits per heavy atom. The topological polar surface area (TPSA) is 134 Å². The van der Waals surface area contributed by atoms with Crippen LogP contribution in [0.5, 0.6) is 0 Å². The van der Waals surface area contributed by atoms with E-state index in [0.29, 0.717) is 35.0 Å². The Balaban J connectivity index is 1.19. The molecule has 1 amide bonds. The number of pyridine rings is 1. The van der Waals surface area contributed by atoms with Gasteiger partial charge in [0.25, 0.3) is 5.56 Å². The van der Waals surface area contributed by atoms with E-state index in [-0.39, 0.29) is 18.2 Å². The number of hydrogen-bond acceptors (Lipinski definition) is 10. The molecule has 4 heterocycles. The molecule has 13 heteroatoms. The minimum absolute atomic E-state index is 0.246. The molecule has 0 spiro atoms. The van der Waals surface area contributed by atoms with Crippen molar-refractivity contribution < 1.29 is 14.6 Å². The predicted molar refractivity (Wildman–Crippen MR) is 193 cm³/mol. The molecule has 1 fully saturated rings. The third kappa shape index (κ3) is 8.84. The van der Waals surface area contributed by atoms with Gasteiger partial charge >= 0.3 is 6.09 Å². The lowest BCUT2D eigenvalue weighted by Crippen LogP contribution is -2.46. The number of aliphatic hydroxyl groups is 1. The summed E-state index contributed by atoms with van der Waals surface area (Å²) in [6.07, 6.45) is 4.85. The zero-order valence-corrected chi connectivity index (χ0v) is 29.5. The van der Waals surface area contributed by atoms with Crippen LogP contribution in [0.1, 0.15) is 53.2 Å². The molecule has 0 atom stereocenters. The Kier molecular flexibility index (Phi) is 10.7. The van der Waals surface area contributed by atoms with Crippen LogP contribution in [0.25, 0.3) is 16.9 Å². The Morgan fingerprint density at radius 2 is 1.76 bits per heavy atom. The number of rotatable bonds is 12. The molecule has 0 saturated carbocycles. The monoisotopic (exact) mass is 671 g/mol. The van der Waals surface area contributed by atoms with Crippen molar-refractivity contribution in [3.63, 3.8) is 0 Å². The molecule has 262 valence electrons. The molecule has 4 aromatic rings. The van der Waals surface area contributed by atoms with Gasteiger partial charge in [-0.1, -0.05) is 12.1 Å². The molecular weight excluding hydrogens is 622 g/mol. The van der Waals surface area contributed by atoms with Crippen LogP contribution in [-0.2, 0) is 16.9 Å². The number of amides is 1. The number of allylic oxidation sites excluding steroid dienone is 1. The van der Waals surface area contributed by atoms with Crippen LogP contribution in [0.15, 0.2) is 66.1 Å². The molecule has 49 heavy (non-hydrogen) atoms. The quantitative estimate of drug-likeness (QED) is 0.158. The van der Waals surface area contributed by atoms with Gasteiger partial charge in [-0.15, -0.1) is 6.58 Å². The molecule has 3 aromatic heterocycles. The summed E-state index contributed by atoms with van der Waals surface area (Å²) in [4.78, 5) is 45.8. The van der Waals surface area contributed by atoms with Crippen molar-refractivity contribution in [2.24, 2.45) is 0 Å². The van der Waals surface area contributed by atoms with Crippen LogP contribution in [0.3, 0.4) is 0 Å². The fourth-order valence-corrected chi connectivity index (χ4v) is 5.72. The van der Waals surface area contributed by atoms with E-state index in [1.54, 1.807) is 54.8 Å². The van der Waals surface area contributed by atoms with Crippen LogP contribution in [0.2, 0.25) is 0 Å². The van der Waals surface area contributed by atoms with Crippen LogP contribution in [-0.4, -0.2) is 97.2 Å². The van der Waals surface area contributed by atoms with Crippen molar-refractivity contribution in [1.29, 1.82) is 0 Å². The second kappa shape index (κ2) is 14.8. The number of carbonyl (C=O) groups is 1. The SMILES string of the molecule is C=CCn1c(=O)c2cnc(Nc3ccc(N4CCN(CCCCN(C)C(=O)OC(C)(C)C)CC4)cc3)nc2n1-c1cccc(C(C)(C)O)n1. The highest BCUT2D eigenvalue weighted by Gasteiger charge is 2.23.